The van der Waals surface area contributed by atoms with Gasteiger partial charge in [-0.1, -0.05) is 144 Å². The van der Waals surface area contributed by atoms with Crippen LogP contribution in [0, 0.1) is 49.9 Å². The number of nitrogens with one attached hydrogen (secondary N) is 1. The smallest absolute Gasteiger partial charge is 0.373 e. The molecule has 62 heavy (non-hydrogen) atoms. The van der Waals surface area contributed by atoms with Gasteiger partial charge in [-0.25, -0.2) is 30.7 Å². The summed E-state index contributed by atoms with van der Waals surface area (Å²) in [6.45, 7) is 48.1. The Balaban J connectivity index is -0.0000000646. The molecular formula is C50H109BF4NO4SW. The van der Waals surface area contributed by atoms with Crippen LogP contribution in [0.25, 0.3) is 0 Å². The van der Waals surface area contributed by atoms with Crippen molar-refractivity contribution >= 4 is 18.4 Å². The number of sulfonamides is 1. The van der Waals surface area contributed by atoms with Crippen LogP contribution in [-0.2, 0) is 40.6 Å². The molecule has 0 aromatic heterocycles. The van der Waals surface area contributed by atoms with E-state index in [1.165, 1.54) is 47.0 Å². The van der Waals surface area contributed by atoms with Gasteiger partial charge < -0.3 is 24.3 Å². The van der Waals surface area contributed by atoms with Crippen LogP contribution in [0.3, 0.4) is 0 Å². The Hall–Kier alpha value is 0.0432. The van der Waals surface area contributed by atoms with Crippen LogP contribution in [0.5, 0.6) is 0 Å². The Morgan fingerprint density at radius 3 is 1.13 bits per heavy atom. The van der Waals surface area contributed by atoms with Crippen molar-refractivity contribution in [3.05, 3.63) is 27.0 Å². The molecule has 1 N–H and O–H groups in total. The van der Waals surface area contributed by atoms with Gasteiger partial charge in [0.05, 0.1) is 29.7 Å². The molecule has 2 atom stereocenters. The Morgan fingerprint density at radius 2 is 0.952 bits per heavy atom. The molecule has 0 spiro atoms. The third-order valence-corrected chi connectivity index (χ3v) is 9.65. The quantitative estimate of drug-likeness (QED) is 0.0815. The van der Waals surface area contributed by atoms with E-state index in [-0.39, 0.29) is 55.6 Å². The SMILES string of the molecule is CC.CC(C)(C)C.CC(C)C(F)F.CC(C)C/C=C/C(F)(F)C(C)C.CC(C)NS(=O)(=O)C1CC1.CC(C)O[C@@H]1CCC[C@H]1OC(C)C.CCC(C)C.CCC(C)C.[B].[CH3-].[CH3-].[W+2]. The minimum Gasteiger partial charge on any atom is -0.373 e. The van der Waals surface area contributed by atoms with Crippen molar-refractivity contribution in [3.63, 3.8) is 0 Å². The van der Waals surface area contributed by atoms with E-state index in [2.05, 4.69) is 102 Å². The summed E-state index contributed by atoms with van der Waals surface area (Å²) in [7, 11) is -2.94. The molecule has 0 aromatic carbocycles. The standard InChI is InChI=1S/C11H22O2.C10H18F2.C6H13NO2S.3C5H12.C4H8F2.C2H6.2CH3.B.W/c1-8(2)12-10-6-5-7-11(10)13-9(3)4;1-8(2)6-5-7-10(11,12)9(3)4;1-5(2)7-10(8,9)6-3-4-6;1-5(2,3)4;2*1-4-5(2)3;1-3(2)4(5)6;1-2;;;;/h8-11H,5-7H2,1-4H3;5,7-9H,6H2,1-4H3;5-7H,3-4H2,1-2H3;1-4H3;2*5H,4H2,1-3H3;3-4H,1-2H3;1-2H3;2*1H3;;/q;;;;;;;;2*-1;;+2/b;7-5+;;;;;;;;;;/t10-,11-;;;;;;;;;;;/m1.........../s1. The van der Waals surface area contributed by atoms with Crippen LogP contribution in [0.15, 0.2) is 12.2 Å². The second-order valence-electron chi connectivity index (χ2n) is 19.4. The Labute approximate surface area is 405 Å². The number of hydrogen-bond acceptors (Lipinski definition) is 4. The van der Waals surface area contributed by atoms with Gasteiger partial charge in [-0.2, -0.15) is 0 Å². The van der Waals surface area contributed by atoms with Crippen LogP contribution in [-0.4, -0.2) is 64.9 Å². The second kappa shape index (κ2) is 49.0. The van der Waals surface area contributed by atoms with Gasteiger partial charge in [0.2, 0.25) is 16.4 Å². The molecule has 2 aliphatic rings. The third kappa shape index (κ3) is 74.4. The van der Waals surface area contributed by atoms with Gasteiger partial charge in [0.25, 0.3) is 5.92 Å². The maximum absolute atomic E-state index is 12.9. The van der Waals surface area contributed by atoms with E-state index in [4.69, 9.17) is 9.47 Å². The number of alkyl halides is 4. The van der Waals surface area contributed by atoms with Crippen LogP contribution in [0.4, 0.5) is 17.6 Å². The maximum atomic E-state index is 12.9. The average molecular weight is 1090 g/mol. The van der Waals surface area contributed by atoms with Crippen molar-refractivity contribution in [3.8, 4) is 0 Å². The fourth-order valence-electron chi connectivity index (χ4n) is 3.40. The molecule has 5 nitrogen and oxygen atoms in total. The average Bonchev–Trinajstić information content (AvgIpc) is 3.84. The zero-order valence-electron chi connectivity index (χ0n) is 45.8. The first-order valence-corrected chi connectivity index (χ1v) is 24.4. The molecule has 0 aliphatic heterocycles. The van der Waals surface area contributed by atoms with Crippen LogP contribution < -0.4 is 4.72 Å². The fraction of sp³-hybridized carbons (Fsp3) is 0.920. The predicted molar refractivity (Wildman–Crippen MR) is 269 cm³/mol. The number of ether oxygens (including phenoxy) is 2. The number of rotatable bonds is 14. The van der Waals surface area contributed by atoms with E-state index < -0.39 is 34.2 Å². The van der Waals surface area contributed by atoms with E-state index in [9.17, 15) is 26.0 Å². The molecule has 381 valence electrons. The molecular weight excluding hydrogens is 981 g/mol. The Kier molecular flexibility index (Phi) is 67.4. The van der Waals surface area contributed by atoms with Crippen molar-refractivity contribution in [1.82, 2.24) is 4.72 Å². The first kappa shape index (κ1) is 85.4. The van der Waals surface area contributed by atoms with Gasteiger partial charge in [0.15, 0.2) is 0 Å². The van der Waals surface area contributed by atoms with Gasteiger partial charge in [0, 0.05) is 26.3 Å². The van der Waals surface area contributed by atoms with E-state index in [1.54, 1.807) is 6.08 Å². The molecule has 2 fully saturated rings. The number of allylic oxidation sites excluding steroid dienone is 2. The van der Waals surface area contributed by atoms with Crippen LogP contribution in [0.1, 0.15) is 218 Å². The van der Waals surface area contributed by atoms with E-state index in [0.29, 0.717) is 35.7 Å². The molecule has 2 saturated carbocycles. The van der Waals surface area contributed by atoms with Crippen LogP contribution in [0.2, 0.25) is 0 Å². The molecule has 0 heterocycles. The minimum atomic E-state index is -2.94. The molecule has 0 aromatic rings. The van der Waals surface area contributed by atoms with E-state index in [1.807, 2.05) is 41.5 Å². The molecule has 3 radical (unpaired) electrons. The summed E-state index contributed by atoms with van der Waals surface area (Å²) in [5, 5.41) is -0.0881. The largest absolute Gasteiger partial charge is 2.00 e. The molecule has 0 saturated heterocycles. The number of halogens is 4. The van der Waals surface area contributed by atoms with Crippen molar-refractivity contribution in [2.45, 2.75) is 266 Å². The predicted octanol–water partition coefficient (Wildman–Crippen LogP) is 16.7. The van der Waals surface area contributed by atoms with Gasteiger partial charge in [0.1, 0.15) is 0 Å². The van der Waals surface area contributed by atoms with E-state index in [0.717, 1.165) is 50.0 Å². The van der Waals surface area contributed by atoms with Crippen molar-refractivity contribution < 1.29 is 56.5 Å². The monoisotopic (exact) mass is 1090 g/mol. The summed E-state index contributed by atoms with van der Waals surface area (Å²) in [5.41, 5.74) is 0.500. The molecule has 2 aliphatic carbocycles. The summed E-state index contributed by atoms with van der Waals surface area (Å²) in [4.78, 5) is 0. The van der Waals surface area contributed by atoms with Gasteiger partial charge >= 0.3 is 21.1 Å². The molecule has 0 amide bonds. The molecule has 12 heteroatoms. The second-order valence-corrected chi connectivity index (χ2v) is 21.4. The molecule has 0 unspecified atom stereocenters. The molecule has 2 rings (SSSR count). The Bertz CT molecular complexity index is 965. The third-order valence-electron chi connectivity index (χ3n) is 7.50. The van der Waals surface area contributed by atoms with Gasteiger partial charge in [-0.3, -0.25) is 0 Å². The van der Waals surface area contributed by atoms with Gasteiger partial charge in [-0.15, -0.1) is 0 Å². The van der Waals surface area contributed by atoms with Gasteiger partial charge in [-0.05, 0) is 109 Å². The minimum absolute atomic E-state index is 0. The fourth-order valence-corrected chi connectivity index (χ4v) is 5.00. The first-order chi connectivity index (χ1) is 26.2. The van der Waals surface area contributed by atoms with Crippen molar-refractivity contribution in [1.29, 1.82) is 0 Å². The maximum Gasteiger partial charge on any atom is 2.00 e. The van der Waals surface area contributed by atoms with Crippen LogP contribution >= 0.6 is 0 Å². The summed E-state index contributed by atoms with van der Waals surface area (Å²) >= 11 is 0. The normalized spacial score (nSPS) is 15.6. The zero-order valence-corrected chi connectivity index (χ0v) is 49.5. The zero-order chi connectivity index (χ0) is 47.6. The number of hydrogen-bond donors (Lipinski definition) is 1. The summed E-state index contributed by atoms with van der Waals surface area (Å²) < 4.78 is 84.5. The van der Waals surface area contributed by atoms with Crippen molar-refractivity contribution in [2.75, 3.05) is 0 Å². The topological polar surface area (TPSA) is 64.6 Å². The Morgan fingerprint density at radius 1 is 0.661 bits per heavy atom. The summed E-state index contributed by atoms with van der Waals surface area (Å²) in [6, 6.07) is 0.0330. The van der Waals surface area contributed by atoms with E-state index >= 15 is 0 Å². The molecule has 0 bridgehead atoms. The summed E-state index contributed by atoms with van der Waals surface area (Å²) in [6.07, 6.45) is 10.3. The van der Waals surface area contributed by atoms with Crippen molar-refractivity contribution in [2.24, 2.45) is 35.0 Å². The first-order valence-electron chi connectivity index (χ1n) is 22.8. The summed E-state index contributed by atoms with van der Waals surface area (Å²) in [5.74, 6) is -1.52.